The minimum Gasteiger partial charge on any atom is -0.493 e. The zero-order valence-electron chi connectivity index (χ0n) is 11.1. The molecule has 1 aromatic rings. The summed E-state index contributed by atoms with van der Waals surface area (Å²) < 4.78 is 26.7. The topological polar surface area (TPSA) is 49.5 Å². The second kappa shape index (κ2) is 4.94. The van der Waals surface area contributed by atoms with Crippen molar-refractivity contribution >= 4 is 0 Å². The predicted octanol–water partition coefficient (Wildman–Crippen LogP) is 1.88. The molecule has 0 aromatic heterocycles. The van der Waals surface area contributed by atoms with E-state index < -0.39 is 0 Å². The summed E-state index contributed by atoms with van der Waals surface area (Å²) in [7, 11) is 4.72. The molecule has 5 heteroatoms. The molecule has 0 aliphatic carbocycles. The first-order chi connectivity index (χ1) is 8.61. The van der Waals surface area contributed by atoms with E-state index in [0.29, 0.717) is 29.6 Å². The van der Waals surface area contributed by atoms with Crippen LogP contribution in [0.5, 0.6) is 23.0 Å². The van der Waals surface area contributed by atoms with Gasteiger partial charge in [0.15, 0.2) is 11.5 Å². The lowest BCUT2D eigenvalue weighted by Gasteiger charge is -2.15. The van der Waals surface area contributed by atoms with Crippen LogP contribution in [0.3, 0.4) is 0 Å². The number of methoxy groups -OCH3 is 3. The Balaban J connectivity index is 2.19. The van der Waals surface area contributed by atoms with Gasteiger partial charge in [0, 0.05) is 12.1 Å². The van der Waals surface area contributed by atoms with Crippen molar-refractivity contribution in [1.82, 2.24) is 0 Å². The third-order valence-corrected chi connectivity index (χ3v) is 2.82. The van der Waals surface area contributed by atoms with E-state index in [2.05, 4.69) is 0 Å². The molecule has 1 aliphatic heterocycles. The Labute approximate surface area is 107 Å². The van der Waals surface area contributed by atoms with Crippen molar-refractivity contribution in [1.29, 1.82) is 0 Å². The highest BCUT2D eigenvalue weighted by atomic mass is 16.6. The third kappa shape index (κ3) is 2.61. The van der Waals surface area contributed by atoms with Crippen molar-refractivity contribution in [2.24, 2.45) is 0 Å². The quantitative estimate of drug-likeness (QED) is 0.725. The summed E-state index contributed by atoms with van der Waals surface area (Å²) in [5, 5.41) is 0. The first kappa shape index (κ1) is 12.8. The van der Waals surface area contributed by atoms with Gasteiger partial charge in [-0.1, -0.05) is 0 Å². The van der Waals surface area contributed by atoms with Crippen molar-refractivity contribution in [2.75, 3.05) is 34.5 Å². The molecule has 0 saturated carbocycles. The summed E-state index contributed by atoms with van der Waals surface area (Å²) in [5.74, 6) is 2.38. The molecule has 0 spiro atoms. The van der Waals surface area contributed by atoms with Gasteiger partial charge in [0.2, 0.25) is 5.75 Å². The Morgan fingerprint density at radius 3 is 2.06 bits per heavy atom. The molecule has 5 nitrogen and oxygen atoms in total. The van der Waals surface area contributed by atoms with Crippen LogP contribution in [-0.4, -0.2) is 40.1 Å². The molecule has 1 saturated heterocycles. The van der Waals surface area contributed by atoms with Crippen LogP contribution in [0.15, 0.2) is 12.1 Å². The van der Waals surface area contributed by atoms with Crippen LogP contribution in [0, 0.1) is 0 Å². The van der Waals surface area contributed by atoms with Gasteiger partial charge < -0.3 is 23.7 Å². The van der Waals surface area contributed by atoms with Gasteiger partial charge >= 0.3 is 0 Å². The summed E-state index contributed by atoms with van der Waals surface area (Å²) in [5.41, 5.74) is -0.152. The van der Waals surface area contributed by atoms with Crippen LogP contribution in [0.25, 0.3) is 0 Å². The molecule has 1 aliphatic rings. The lowest BCUT2D eigenvalue weighted by Crippen LogP contribution is -2.17. The Hall–Kier alpha value is -1.62. The second-order valence-electron chi connectivity index (χ2n) is 4.39. The second-order valence-corrected chi connectivity index (χ2v) is 4.39. The first-order valence-electron chi connectivity index (χ1n) is 5.68. The minimum atomic E-state index is -0.152. The molecule has 0 N–H and O–H groups in total. The monoisotopic (exact) mass is 254 g/mol. The Kier molecular flexibility index (Phi) is 3.52. The molecular formula is C13H18O5. The molecule has 1 aromatic carbocycles. The normalized spacial score (nSPS) is 21.3. The standard InChI is InChI=1S/C13H18O5/c1-13(8-18-13)7-17-9-5-10(14-2)12(16-4)11(6-9)15-3/h5-6H,7-8H2,1-4H3. The molecule has 0 amide bonds. The van der Waals surface area contributed by atoms with E-state index in [1.54, 1.807) is 33.5 Å². The van der Waals surface area contributed by atoms with Gasteiger partial charge in [-0.15, -0.1) is 0 Å². The summed E-state index contributed by atoms with van der Waals surface area (Å²) in [4.78, 5) is 0. The van der Waals surface area contributed by atoms with Crippen molar-refractivity contribution in [3.8, 4) is 23.0 Å². The average molecular weight is 254 g/mol. The van der Waals surface area contributed by atoms with Gasteiger partial charge in [-0.25, -0.2) is 0 Å². The van der Waals surface area contributed by atoms with Crippen molar-refractivity contribution < 1.29 is 23.7 Å². The van der Waals surface area contributed by atoms with E-state index in [9.17, 15) is 0 Å². The van der Waals surface area contributed by atoms with E-state index in [1.165, 1.54) is 0 Å². The number of rotatable bonds is 6. The van der Waals surface area contributed by atoms with Crippen LogP contribution in [0.1, 0.15) is 6.92 Å². The summed E-state index contributed by atoms with van der Waals surface area (Å²) in [6.07, 6.45) is 0. The van der Waals surface area contributed by atoms with E-state index >= 15 is 0 Å². The van der Waals surface area contributed by atoms with Crippen molar-refractivity contribution in [2.45, 2.75) is 12.5 Å². The molecule has 1 heterocycles. The van der Waals surface area contributed by atoms with Gasteiger partial charge in [-0.2, -0.15) is 0 Å². The number of benzene rings is 1. The molecule has 100 valence electrons. The molecule has 1 atom stereocenters. The molecule has 2 rings (SSSR count). The SMILES string of the molecule is COc1cc(OCC2(C)CO2)cc(OC)c1OC. The molecule has 1 unspecified atom stereocenters. The van der Waals surface area contributed by atoms with E-state index in [4.69, 9.17) is 23.7 Å². The molecule has 0 bridgehead atoms. The highest BCUT2D eigenvalue weighted by Gasteiger charge is 2.40. The largest absolute Gasteiger partial charge is 0.493 e. The average Bonchev–Trinajstić information content (AvgIpc) is 3.13. The van der Waals surface area contributed by atoms with Crippen LogP contribution in [0.4, 0.5) is 0 Å². The van der Waals surface area contributed by atoms with Gasteiger partial charge in [0.05, 0.1) is 27.9 Å². The Bertz CT molecular complexity index is 400. The highest BCUT2D eigenvalue weighted by Crippen LogP contribution is 2.41. The van der Waals surface area contributed by atoms with E-state index in [1.807, 2.05) is 6.92 Å². The zero-order valence-corrected chi connectivity index (χ0v) is 11.1. The fourth-order valence-electron chi connectivity index (χ4n) is 1.58. The van der Waals surface area contributed by atoms with E-state index in [-0.39, 0.29) is 5.60 Å². The van der Waals surface area contributed by atoms with Crippen molar-refractivity contribution in [3.05, 3.63) is 12.1 Å². The molecular weight excluding hydrogens is 236 g/mol. The van der Waals surface area contributed by atoms with Crippen LogP contribution in [-0.2, 0) is 4.74 Å². The fraction of sp³-hybridized carbons (Fsp3) is 0.538. The molecule has 1 fully saturated rings. The Morgan fingerprint density at radius 2 is 1.67 bits per heavy atom. The van der Waals surface area contributed by atoms with Gasteiger partial charge in [-0.3, -0.25) is 0 Å². The highest BCUT2D eigenvalue weighted by molar-refractivity contribution is 5.55. The lowest BCUT2D eigenvalue weighted by atomic mass is 10.2. The van der Waals surface area contributed by atoms with Gasteiger partial charge in [0.25, 0.3) is 0 Å². The number of ether oxygens (including phenoxy) is 5. The third-order valence-electron chi connectivity index (χ3n) is 2.82. The fourth-order valence-corrected chi connectivity index (χ4v) is 1.58. The van der Waals surface area contributed by atoms with Crippen LogP contribution >= 0.6 is 0 Å². The van der Waals surface area contributed by atoms with Crippen molar-refractivity contribution in [3.63, 3.8) is 0 Å². The maximum Gasteiger partial charge on any atom is 0.203 e. The van der Waals surface area contributed by atoms with Crippen LogP contribution < -0.4 is 18.9 Å². The molecule has 18 heavy (non-hydrogen) atoms. The van der Waals surface area contributed by atoms with Gasteiger partial charge in [0.1, 0.15) is 18.0 Å². The summed E-state index contributed by atoms with van der Waals surface area (Å²) >= 11 is 0. The summed E-state index contributed by atoms with van der Waals surface area (Å²) in [6, 6.07) is 3.54. The summed E-state index contributed by atoms with van der Waals surface area (Å²) in [6.45, 7) is 3.24. The Morgan fingerprint density at radius 1 is 1.11 bits per heavy atom. The smallest absolute Gasteiger partial charge is 0.203 e. The maximum absolute atomic E-state index is 5.68. The maximum atomic E-state index is 5.68. The number of epoxide rings is 1. The number of hydrogen-bond acceptors (Lipinski definition) is 5. The van der Waals surface area contributed by atoms with Gasteiger partial charge in [-0.05, 0) is 6.92 Å². The minimum absolute atomic E-state index is 0.152. The zero-order chi connectivity index (χ0) is 13.2. The van der Waals surface area contributed by atoms with E-state index in [0.717, 1.165) is 6.61 Å². The number of hydrogen-bond donors (Lipinski definition) is 0. The molecule has 0 radical (unpaired) electrons. The lowest BCUT2D eigenvalue weighted by molar-refractivity contribution is 0.201. The first-order valence-corrected chi connectivity index (χ1v) is 5.68. The van der Waals surface area contributed by atoms with Crippen LogP contribution in [0.2, 0.25) is 0 Å². The predicted molar refractivity (Wildman–Crippen MR) is 66.0 cm³/mol.